The number of hydrazine groups is 1. The molecular formula is C15H17BrN2O. The molecule has 0 aliphatic carbocycles. The zero-order chi connectivity index (χ0) is 13.5. The highest BCUT2D eigenvalue weighted by Gasteiger charge is 2.10. The number of para-hydroxylation sites is 1. The lowest BCUT2D eigenvalue weighted by atomic mass is 10.1. The lowest BCUT2D eigenvalue weighted by Crippen LogP contribution is -2.41. The molecule has 0 amide bonds. The molecule has 2 aromatic carbocycles. The molecule has 0 saturated carbocycles. The number of hydrogen-bond donors (Lipinski definition) is 2. The van der Waals surface area contributed by atoms with Crippen LogP contribution >= 0.6 is 15.9 Å². The summed E-state index contributed by atoms with van der Waals surface area (Å²) >= 11 is 3.54. The van der Waals surface area contributed by atoms with Crippen LogP contribution in [0.2, 0.25) is 0 Å². The predicted molar refractivity (Wildman–Crippen MR) is 80.9 cm³/mol. The molecule has 0 aromatic heterocycles. The number of benzene rings is 2. The lowest BCUT2D eigenvalue weighted by molar-refractivity contribution is 0.264. The van der Waals surface area contributed by atoms with E-state index in [4.69, 9.17) is 10.6 Å². The summed E-state index contributed by atoms with van der Waals surface area (Å²) in [7, 11) is 0. The van der Waals surface area contributed by atoms with E-state index < -0.39 is 0 Å². The fraction of sp³-hybridized carbons (Fsp3) is 0.200. The Balaban J connectivity index is 1.92. The third kappa shape index (κ3) is 4.35. The Kier molecular flexibility index (Phi) is 5.39. The van der Waals surface area contributed by atoms with Gasteiger partial charge in [-0.05, 0) is 30.2 Å². The molecule has 0 heterocycles. The van der Waals surface area contributed by atoms with Crippen LogP contribution in [-0.4, -0.2) is 12.6 Å². The highest BCUT2D eigenvalue weighted by molar-refractivity contribution is 9.10. The van der Waals surface area contributed by atoms with Gasteiger partial charge in [-0.1, -0.05) is 52.3 Å². The molecule has 0 saturated heterocycles. The van der Waals surface area contributed by atoms with Crippen molar-refractivity contribution in [1.82, 2.24) is 5.43 Å². The van der Waals surface area contributed by atoms with Crippen LogP contribution in [0.5, 0.6) is 5.75 Å². The maximum absolute atomic E-state index is 5.71. The van der Waals surface area contributed by atoms with Crippen molar-refractivity contribution in [3.05, 3.63) is 64.6 Å². The first-order valence-electron chi connectivity index (χ1n) is 6.17. The molecule has 1 unspecified atom stereocenters. The Bertz CT molecular complexity index is 505. The summed E-state index contributed by atoms with van der Waals surface area (Å²) in [5, 5.41) is 0. The predicted octanol–water partition coefficient (Wildman–Crippen LogP) is 2.90. The van der Waals surface area contributed by atoms with E-state index in [2.05, 4.69) is 27.4 Å². The molecule has 2 aromatic rings. The van der Waals surface area contributed by atoms with Crippen molar-refractivity contribution in [2.75, 3.05) is 6.61 Å². The Hall–Kier alpha value is -1.36. The van der Waals surface area contributed by atoms with E-state index >= 15 is 0 Å². The van der Waals surface area contributed by atoms with Crippen molar-refractivity contribution in [1.29, 1.82) is 0 Å². The van der Waals surface area contributed by atoms with Crippen LogP contribution in [-0.2, 0) is 6.42 Å². The molecule has 2 rings (SSSR count). The average molecular weight is 321 g/mol. The van der Waals surface area contributed by atoms with Crippen LogP contribution in [0, 0.1) is 0 Å². The maximum atomic E-state index is 5.71. The molecule has 0 radical (unpaired) electrons. The molecule has 0 fully saturated rings. The number of ether oxygens (including phenoxy) is 1. The van der Waals surface area contributed by atoms with E-state index in [-0.39, 0.29) is 6.04 Å². The summed E-state index contributed by atoms with van der Waals surface area (Å²) in [6.45, 7) is 0.530. The maximum Gasteiger partial charge on any atom is 0.119 e. The molecule has 0 aliphatic rings. The molecule has 100 valence electrons. The second-order valence-corrected chi connectivity index (χ2v) is 5.14. The Labute approximate surface area is 121 Å². The van der Waals surface area contributed by atoms with Gasteiger partial charge in [0.05, 0.1) is 6.04 Å². The largest absolute Gasteiger partial charge is 0.492 e. The second kappa shape index (κ2) is 7.28. The van der Waals surface area contributed by atoms with Gasteiger partial charge in [0, 0.05) is 4.47 Å². The van der Waals surface area contributed by atoms with Gasteiger partial charge in [0.25, 0.3) is 0 Å². The Morgan fingerprint density at radius 3 is 2.42 bits per heavy atom. The van der Waals surface area contributed by atoms with Crippen molar-refractivity contribution in [3.63, 3.8) is 0 Å². The SMILES string of the molecule is NNC(COc1ccccc1)Cc1ccccc1Br. The Morgan fingerprint density at radius 2 is 1.74 bits per heavy atom. The van der Waals surface area contributed by atoms with Crippen LogP contribution in [0.4, 0.5) is 0 Å². The van der Waals surface area contributed by atoms with Crippen LogP contribution in [0.3, 0.4) is 0 Å². The summed E-state index contributed by atoms with van der Waals surface area (Å²) in [5.41, 5.74) is 4.01. The quantitative estimate of drug-likeness (QED) is 0.635. The first kappa shape index (κ1) is 14.1. The van der Waals surface area contributed by atoms with E-state index in [1.807, 2.05) is 48.5 Å². The Morgan fingerprint density at radius 1 is 1.05 bits per heavy atom. The van der Waals surface area contributed by atoms with Crippen LogP contribution in [0.15, 0.2) is 59.1 Å². The summed E-state index contributed by atoms with van der Waals surface area (Å²) < 4.78 is 6.81. The van der Waals surface area contributed by atoms with Crippen molar-refractivity contribution < 1.29 is 4.74 Å². The molecule has 3 nitrogen and oxygen atoms in total. The molecule has 3 N–H and O–H groups in total. The van der Waals surface area contributed by atoms with E-state index in [0.29, 0.717) is 6.61 Å². The molecule has 4 heteroatoms. The highest BCUT2D eigenvalue weighted by Crippen LogP contribution is 2.18. The van der Waals surface area contributed by atoms with Gasteiger partial charge in [-0.15, -0.1) is 0 Å². The zero-order valence-corrected chi connectivity index (χ0v) is 12.1. The van der Waals surface area contributed by atoms with E-state index in [0.717, 1.165) is 16.6 Å². The molecule has 0 bridgehead atoms. The number of rotatable bonds is 6. The monoisotopic (exact) mass is 320 g/mol. The van der Waals surface area contributed by atoms with Gasteiger partial charge in [-0.25, -0.2) is 0 Å². The fourth-order valence-corrected chi connectivity index (χ4v) is 2.26. The van der Waals surface area contributed by atoms with E-state index in [1.165, 1.54) is 5.56 Å². The summed E-state index contributed by atoms with van der Waals surface area (Å²) in [6, 6.07) is 17.9. The molecular weight excluding hydrogens is 304 g/mol. The number of nitrogens with one attached hydrogen (secondary N) is 1. The summed E-state index contributed by atoms with van der Waals surface area (Å²) in [6.07, 6.45) is 0.810. The fourth-order valence-electron chi connectivity index (χ4n) is 1.81. The van der Waals surface area contributed by atoms with Crippen LogP contribution in [0.1, 0.15) is 5.56 Å². The van der Waals surface area contributed by atoms with Gasteiger partial charge in [-0.3, -0.25) is 11.3 Å². The van der Waals surface area contributed by atoms with Crippen LogP contribution in [0.25, 0.3) is 0 Å². The number of nitrogens with two attached hydrogens (primary N) is 1. The molecule has 19 heavy (non-hydrogen) atoms. The average Bonchev–Trinajstić information content (AvgIpc) is 2.46. The number of halogens is 1. The van der Waals surface area contributed by atoms with Crippen molar-refractivity contribution in [2.45, 2.75) is 12.5 Å². The van der Waals surface area contributed by atoms with Crippen LogP contribution < -0.4 is 16.0 Å². The van der Waals surface area contributed by atoms with Crippen molar-refractivity contribution in [2.24, 2.45) is 5.84 Å². The first-order valence-corrected chi connectivity index (χ1v) is 6.96. The van der Waals surface area contributed by atoms with E-state index in [1.54, 1.807) is 0 Å². The van der Waals surface area contributed by atoms with Crippen molar-refractivity contribution in [3.8, 4) is 5.75 Å². The summed E-state index contributed by atoms with van der Waals surface area (Å²) in [5.74, 6) is 6.45. The van der Waals surface area contributed by atoms with Gasteiger partial charge < -0.3 is 4.74 Å². The van der Waals surface area contributed by atoms with Gasteiger partial charge >= 0.3 is 0 Å². The topological polar surface area (TPSA) is 47.3 Å². The minimum atomic E-state index is 0.0684. The second-order valence-electron chi connectivity index (χ2n) is 4.28. The third-order valence-electron chi connectivity index (χ3n) is 2.85. The third-order valence-corrected chi connectivity index (χ3v) is 3.63. The first-order chi connectivity index (χ1) is 9.29. The van der Waals surface area contributed by atoms with E-state index in [9.17, 15) is 0 Å². The molecule has 0 spiro atoms. The normalized spacial score (nSPS) is 12.1. The van der Waals surface area contributed by atoms with Gasteiger partial charge in [-0.2, -0.15) is 0 Å². The molecule has 0 aliphatic heterocycles. The van der Waals surface area contributed by atoms with Gasteiger partial charge in [0.15, 0.2) is 0 Å². The summed E-state index contributed by atoms with van der Waals surface area (Å²) in [4.78, 5) is 0. The minimum Gasteiger partial charge on any atom is -0.492 e. The van der Waals surface area contributed by atoms with Gasteiger partial charge in [0.1, 0.15) is 12.4 Å². The standard InChI is InChI=1S/C15H17BrN2O/c16-15-9-5-4-6-12(15)10-13(18-17)11-19-14-7-2-1-3-8-14/h1-9,13,18H,10-11,17H2. The van der Waals surface area contributed by atoms with Crippen molar-refractivity contribution >= 4 is 15.9 Å². The van der Waals surface area contributed by atoms with Gasteiger partial charge in [0.2, 0.25) is 0 Å². The highest BCUT2D eigenvalue weighted by atomic mass is 79.9. The minimum absolute atomic E-state index is 0.0684. The number of hydrogen-bond acceptors (Lipinski definition) is 3. The zero-order valence-electron chi connectivity index (χ0n) is 10.6. The lowest BCUT2D eigenvalue weighted by Gasteiger charge is -2.17. The molecule has 1 atom stereocenters. The smallest absolute Gasteiger partial charge is 0.119 e.